The lowest BCUT2D eigenvalue weighted by atomic mass is 10.2. The first-order valence-electron chi connectivity index (χ1n) is 5.27. The van der Waals surface area contributed by atoms with E-state index in [9.17, 15) is 0 Å². The third-order valence-corrected chi connectivity index (χ3v) is 3.01. The Balaban J connectivity index is 2.57. The molecule has 0 aromatic heterocycles. The summed E-state index contributed by atoms with van der Waals surface area (Å²) in [4.78, 5) is 2.29. The van der Waals surface area contributed by atoms with E-state index < -0.39 is 0 Å². The highest BCUT2D eigenvalue weighted by Gasteiger charge is 2.03. The van der Waals surface area contributed by atoms with Gasteiger partial charge in [0.15, 0.2) is 0 Å². The molecule has 90 valence electrons. The molecule has 1 aromatic carbocycles. The Bertz CT molecular complexity index is 331. The molecule has 0 spiro atoms. The van der Waals surface area contributed by atoms with Crippen LogP contribution in [0.25, 0.3) is 0 Å². The molecule has 0 aliphatic carbocycles. The van der Waals surface area contributed by atoms with Gasteiger partial charge in [-0.05, 0) is 31.0 Å². The zero-order chi connectivity index (χ0) is 12.0. The van der Waals surface area contributed by atoms with Gasteiger partial charge in [0.1, 0.15) is 5.75 Å². The summed E-state index contributed by atoms with van der Waals surface area (Å²) in [6.45, 7) is 2.02. The van der Waals surface area contributed by atoms with E-state index in [1.165, 1.54) is 5.56 Å². The van der Waals surface area contributed by atoms with E-state index in [2.05, 4.69) is 24.3 Å². The molecular formula is C12H20N2OS. The fourth-order valence-electron chi connectivity index (χ4n) is 1.52. The van der Waals surface area contributed by atoms with Gasteiger partial charge < -0.3 is 15.4 Å². The van der Waals surface area contributed by atoms with Crippen molar-refractivity contribution in [1.29, 1.82) is 0 Å². The van der Waals surface area contributed by atoms with Gasteiger partial charge in [-0.15, -0.1) is 0 Å². The van der Waals surface area contributed by atoms with E-state index >= 15 is 0 Å². The van der Waals surface area contributed by atoms with Gasteiger partial charge in [-0.2, -0.15) is 11.8 Å². The smallest absolute Gasteiger partial charge is 0.141 e. The van der Waals surface area contributed by atoms with Crippen molar-refractivity contribution in [2.45, 2.75) is 6.54 Å². The first-order valence-corrected chi connectivity index (χ1v) is 6.66. The molecule has 0 bridgehead atoms. The van der Waals surface area contributed by atoms with Crippen molar-refractivity contribution in [3.05, 3.63) is 23.8 Å². The Morgan fingerprint density at radius 1 is 1.44 bits per heavy atom. The summed E-state index contributed by atoms with van der Waals surface area (Å²) in [5.74, 6) is 1.90. The fraction of sp³-hybridized carbons (Fsp3) is 0.500. The van der Waals surface area contributed by atoms with Crippen molar-refractivity contribution < 1.29 is 4.74 Å². The highest BCUT2D eigenvalue weighted by Crippen LogP contribution is 2.22. The first kappa shape index (κ1) is 13.2. The molecular weight excluding hydrogens is 220 g/mol. The maximum Gasteiger partial charge on any atom is 0.141 e. The Morgan fingerprint density at radius 3 is 2.75 bits per heavy atom. The van der Waals surface area contributed by atoms with Crippen LogP contribution in [0.4, 0.5) is 5.69 Å². The molecule has 2 N–H and O–H groups in total. The summed E-state index contributed by atoms with van der Waals surface area (Å²) in [5, 5.41) is 0. The summed E-state index contributed by atoms with van der Waals surface area (Å²) in [6, 6.07) is 5.96. The lowest BCUT2D eigenvalue weighted by Crippen LogP contribution is -2.20. The van der Waals surface area contributed by atoms with Crippen LogP contribution in [0.15, 0.2) is 18.2 Å². The molecule has 16 heavy (non-hydrogen) atoms. The van der Waals surface area contributed by atoms with Crippen molar-refractivity contribution in [3.63, 3.8) is 0 Å². The molecule has 0 amide bonds. The zero-order valence-electron chi connectivity index (χ0n) is 10.2. The van der Waals surface area contributed by atoms with Crippen LogP contribution in [0, 0.1) is 0 Å². The lowest BCUT2D eigenvalue weighted by molar-refractivity contribution is 0.348. The van der Waals surface area contributed by atoms with Crippen LogP contribution in [-0.4, -0.2) is 37.6 Å². The normalized spacial score (nSPS) is 10.8. The van der Waals surface area contributed by atoms with Crippen molar-refractivity contribution in [2.75, 3.05) is 38.4 Å². The molecule has 3 nitrogen and oxygen atoms in total. The monoisotopic (exact) mass is 240 g/mol. The van der Waals surface area contributed by atoms with Crippen molar-refractivity contribution in [2.24, 2.45) is 0 Å². The summed E-state index contributed by atoms with van der Waals surface area (Å²) in [7, 11) is 3.76. The fourth-order valence-corrected chi connectivity index (χ4v) is 2.01. The number of anilines is 1. The number of ether oxygens (including phenoxy) is 1. The van der Waals surface area contributed by atoms with Gasteiger partial charge in [0.2, 0.25) is 0 Å². The number of hydrogen-bond acceptors (Lipinski definition) is 4. The highest BCUT2D eigenvalue weighted by atomic mass is 32.2. The maximum atomic E-state index is 5.86. The molecule has 0 atom stereocenters. The van der Waals surface area contributed by atoms with E-state index in [0.717, 1.165) is 24.6 Å². The Morgan fingerprint density at radius 2 is 2.19 bits per heavy atom. The summed E-state index contributed by atoms with van der Waals surface area (Å²) < 4.78 is 5.13. The number of thioether (sulfide) groups is 1. The van der Waals surface area contributed by atoms with Gasteiger partial charge in [0.05, 0.1) is 12.8 Å². The van der Waals surface area contributed by atoms with Gasteiger partial charge in [-0.1, -0.05) is 6.07 Å². The Labute approximate surface area is 102 Å². The number of hydrogen-bond donors (Lipinski definition) is 1. The molecule has 0 saturated heterocycles. The average molecular weight is 240 g/mol. The Hall–Kier alpha value is -0.870. The molecule has 0 aliphatic heterocycles. The number of nitrogens with two attached hydrogens (primary N) is 1. The maximum absolute atomic E-state index is 5.86. The third kappa shape index (κ3) is 3.94. The van der Waals surface area contributed by atoms with Crippen LogP contribution in [0.1, 0.15) is 5.56 Å². The Kier molecular flexibility index (Phi) is 5.49. The summed E-state index contributed by atoms with van der Waals surface area (Å²) in [6.07, 6.45) is 2.12. The van der Waals surface area contributed by atoms with Crippen LogP contribution in [0.5, 0.6) is 5.75 Å². The van der Waals surface area contributed by atoms with Gasteiger partial charge in [0.25, 0.3) is 0 Å². The summed E-state index contributed by atoms with van der Waals surface area (Å²) in [5.41, 5.74) is 7.79. The van der Waals surface area contributed by atoms with Gasteiger partial charge in [-0.3, -0.25) is 0 Å². The van der Waals surface area contributed by atoms with Crippen molar-refractivity contribution >= 4 is 17.4 Å². The zero-order valence-corrected chi connectivity index (χ0v) is 11.0. The molecule has 0 aliphatic rings. The van der Waals surface area contributed by atoms with E-state index in [1.807, 2.05) is 23.9 Å². The van der Waals surface area contributed by atoms with E-state index in [4.69, 9.17) is 10.5 Å². The molecule has 0 fully saturated rings. The van der Waals surface area contributed by atoms with Crippen LogP contribution in [0.2, 0.25) is 0 Å². The SMILES string of the molecule is COc1ccc(CN(C)CCSC)cc1N. The minimum absolute atomic E-state index is 0.707. The van der Waals surface area contributed by atoms with E-state index in [0.29, 0.717) is 5.69 Å². The molecule has 4 heteroatoms. The van der Waals surface area contributed by atoms with E-state index in [-0.39, 0.29) is 0 Å². The minimum atomic E-state index is 0.707. The number of methoxy groups -OCH3 is 1. The number of rotatable bonds is 6. The van der Waals surface area contributed by atoms with Crippen molar-refractivity contribution in [1.82, 2.24) is 4.90 Å². The predicted molar refractivity (Wildman–Crippen MR) is 72.1 cm³/mol. The molecule has 0 heterocycles. The molecule has 1 rings (SSSR count). The molecule has 0 radical (unpaired) electrons. The van der Waals surface area contributed by atoms with E-state index in [1.54, 1.807) is 7.11 Å². The minimum Gasteiger partial charge on any atom is -0.495 e. The average Bonchev–Trinajstić information content (AvgIpc) is 2.26. The predicted octanol–water partition coefficient (Wildman–Crippen LogP) is 2.07. The van der Waals surface area contributed by atoms with Crippen LogP contribution in [-0.2, 0) is 6.54 Å². The molecule has 0 saturated carbocycles. The second-order valence-electron chi connectivity index (χ2n) is 3.81. The second kappa shape index (κ2) is 6.66. The quantitative estimate of drug-likeness (QED) is 0.773. The first-order chi connectivity index (χ1) is 7.67. The number of benzene rings is 1. The molecule has 0 unspecified atom stereocenters. The topological polar surface area (TPSA) is 38.5 Å². The number of nitrogen functional groups attached to an aromatic ring is 1. The van der Waals surface area contributed by atoms with Gasteiger partial charge in [0, 0.05) is 18.8 Å². The van der Waals surface area contributed by atoms with Crippen LogP contribution >= 0.6 is 11.8 Å². The van der Waals surface area contributed by atoms with Crippen LogP contribution in [0.3, 0.4) is 0 Å². The highest BCUT2D eigenvalue weighted by molar-refractivity contribution is 7.98. The lowest BCUT2D eigenvalue weighted by Gasteiger charge is -2.16. The summed E-state index contributed by atoms with van der Waals surface area (Å²) >= 11 is 1.86. The molecule has 1 aromatic rings. The third-order valence-electron chi connectivity index (χ3n) is 2.42. The van der Waals surface area contributed by atoms with Gasteiger partial charge in [-0.25, -0.2) is 0 Å². The standard InChI is InChI=1S/C12H20N2OS/c1-14(6-7-16-3)9-10-4-5-12(15-2)11(13)8-10/h4-5,8H,6-7,9,13H2,1-3H3. The van der Waals surface area contributed by atoms with Gasteiger partial charge >= 0.3 is 0 Å². The number of nitrogens with zero attached hydrogens (tertiary/aromatic N) is 1. The van der Waals surface area contributed by atoms with Crippen molar-refractivity contribution in [3.8, 4) is 5.75 Å². The van der Waals surface area contributed by atoms with Crippen LogP contribution < -0.4 is 10.5 Å². The largest absolute Gasteiger partial charge is 0.495 e. The second-order valence-corrected chi connectivity index (χ2v) is 4.79.